The highest BCUT2D eigenvalue weighted by molar-refractivity contribution is 6.33. The Balaban J connectivity index is 2.03. The Labute approximate surface area is 133 Å². The van der Waals surface area contributed by atoms with Gasteiger partial charge in [-0.3, -0.25) is 0 Å². The smallest absolute Gasteiger partial charge is 0.106 e. The van der Waals surface area contributed by atoms with Crippen molar-refractivity contribution in [3.63, 3.8) is 0 Å². The normalized spacial score (nSPS) is 12.3. The number of hydrogen-bond acceptors (Lipinski definition) is 1. The number of nitrogens with one attached hydrogen (secondary N) is 1. The molecule has 2 nitrogen and oxygen atoms in total. The van der Waals surface area contributed by atoms with E-state index in [4.69, 9.17) is 23.2 Å². The number of aliphatic hydroxyl groups excluding tert-OH is 1. The monoisotopic (exact) mass is 317 g/mol. The first kappa shape index (κ1) is 14.2. The highest BCUT2D eigenvalue weighted by Crippen LogP contribution is 2.35. The molecular weight excluding hydrogens is 305 g/mol. The van der Waals surface area contributed by atoms with Gasteiger partial charge in [0.25, 0.3) is 0 Å². The Bertz CT molecular complexity index is 749. The largest absolute Gasteiger partial charge is 0.384 e. The van der Waals surface area contributed by atoms with Crippen molar-refractivity contribution >= 4 is 23.2 Å². The second-order valence-corrected chi connectivity index (χ2v) is 5.60. The highest BCUT2D eigenvalue weighted by atomic mass is 35.5. The van der Waals surface area contributed by atoms with Gasteiger partial charge in [0.1, 0.15) is 6.10 Å². The Morgan fingerprint density at radius 1 is 0.857 bits per heavy atom. The summed E-state index contributed by atoms with van der Waals surface area (Å²) in [5.41, 5.74) is 3.35. The molecule has 0 saturated carbocycles. The fourth-order valence-electron chi connectivity index (χ4n) is 2.34. The molecule has 21 heavy (non-hydrogen) atoms. The van der Waals surface area contributed by atoms with Gasteiger partial charge in [0.15, 0.2) is 0 Å². The average molecular weight is 318 g/mol. The molecule has 0 aliphatic heterocycles. The summed E-state index contributed by atoms with van der Waals surface area (Å²) in [4.78, 5) is 3.04. The van der Waals surface area contributed by atoms with Crippen LogP contribution in [0.2, 0.25) is 10.0 Å². The molecule has 106 valence electrons. The fourth-order valence-corrected chi connectivity index (χ4v) is 2.70. The van der Waals surface area contributed by atoms with Gasteiger partial charge < -0.3 is 10.1 Å². The van der Waals surface area contributed by atoms with Crippen LogP contribution in [0.25, 0.3) is 11.1 Å². The van der Waals surface area contributed by atoms with Crippen LogP contribution in [0.15, 0.2) is 60.9 Å². The first-order valence-corrected chi connectivity index (χ1v) is 7.27. The molecule has 0 bridgehead atoms. The van der Waals surface area contributed by atoms with Gasteiger partial charge in [0, 0.05) is 39.1 Å². The number of halogens is 2. The zero-order chi connectivity index (χ0) is 14.8. The Hall–Kier alpha value is -1.74. The average Bonchev–Trinajstić information content (AvgIpc) is 2.97. The van der Waals surface area contributed by atoms with E-state index in [0.29, 0.717) is 10.0 Å². The van der Waals surface area contributed by atoms with Gasteiger partial charge in [-0.25, -0.2) is 0 Å². The van der Waals surface area contributed by atoms with Crippen molar-refractivity contribution in [1.29, 1.82) is 0 Å². The van der Waals surface area contributed by atoms with Gasteiger partial charge in [-0.15, -0.1) is 0 Å². The van der Waals surface area contributed by atoms with Gasteiger partial charge in [-0.2, -0.15) is 0 Å². The second-order valence-electron chi connectivity index (χ2n) is 4.76. The summed E-state index contributed by atoms with van der Waals surface area (Å²) in [6.45, 7) is 0. The molecule has 0 radical (unpaired) electrons. The molecule has 0 saturated heterocycles. The molecule has 1 aromatic heterocycles. The minimum atomic E-state index is -0.736. The predicted molar refractivity (Wildman–Crippen MR) is 86.8 cm³/mol. The first-order valence-electron chi connectivity index (χ1n) is 6.52. The van der Waals surface area contributed by atoms with Crippen molar-refractivity contribution in [2.24, 2.45) is 0 Å². The summed E-state index contributed by atoms with van der Waals surface area (Å²) in [6.07, 6.45) is 2.90. The third kappa shape index (κ3) is 2.84. The number of H-pyrrole nitrogens is 1. The fraction of sp³-hybridized carbons (Fsp3) is 0.0588. The SMILES string of the molecule is O[C@H](c1ccc(Cl)cc1)c1c[nH]cc1-c1ccccc1Cl. The number of aromatic amines is 1. The molecular formula is C17H13Cl2NO. The number of rotatable bonds is 3. The molecule has 0 aliphatic carbocycles. The third-order valence-electron chi connectivity index (χ3n) is 3.42. The van der Waals surface area contributed by atoms with Crippen LogP contribution < -0.4 is 0 Å². The van der Waals surface area contributed by atoms with Crippen molar-refractivity contribution in [3.05, 3.63) is 82.1 Å². The van der Waals surface area contributed by atoms with E-state index in [1.54, 1.807) is 18.3 Å². The zero-order valence-corrected chi connectivity index (χ0v) is 12.6. The van der Waals surface area contributed by atoms with Crippen LogP contribution in [-0.4, -0.2) is 10.1 Å². The van der Waals surface area contributed by atoms with Crippen LogP contribution >= 0.6 is 23.2 Å². The maximum absolute atomic E-state index is 10.6. The maximum atomic E-state index is 10.6. The molecule has 2 aromatic carbocycles. The number of benzene rings is 2. The van der Waals surface area contributed by atoms with Crippen molar-refractivity contribution in [1.82, 2.24) is 4.98 Å². The summed E-state index contributed by atoms with van der Waals surface area (Å²) >= 11 is 12.1. The molecule has 0 amide bonds. The van der Waals surface area contributed by atoms with E-state index in [1.165, 1.54) is 0 Å². The highest BCUT2D eigenvalue weighted by Gasteiger charge is 2.17. The first-order chi connectivity index (χ1) is 10.2. The zero-order valence-electron chi connectivity index (χ0n) is 11.1. The number of aliphatic hydroxyl groups is 1. The van der Waals surface area contributed by atoms with E-state index in [0.717, 1.165) is 22.3 Å². The van der Waals surface area contributed by atoms with Crippen LogP contribution in [0.4, 0.5) is 0 Å². The molecule has 3 aromatic rings. The second kappa shape index (κ2) is 5.94. The lowest BCUT2D eigenvalue weighted by Crippen LogP contribution is -1.99. The van der Waals surface area contributed by atoms with Gasteiger partial charge in [0.05, 0.1) is 0 Å². The lowest BCUT2D eigenvalue weighted by molar-refractivity contribution is 0.221. The van der Waals surface area contributed by atoms with Gasteiger partial charge >= 0.3 is 0 Å². The minimum Gasteiger partial charge on any atom is -0.384 e. The molecule has 0 spiro atoms. The number of hydrogen-bond donors (Lipinski definition) is 2. The van der Waals surface area contributed by atoms with Crippen molar-refractivity contribution in [2.75, 3.05) is 0 Å². The van der Waals surface area contributed by atoms with Gasteiger partial charge in [0.2, 0.25) is 0 Å². The van der Waals surface area contributed by atoms with Crippen LogP contribution in [0.1, 0.15) is 17.2 Å². The van der Waals surface area contributed by atoms with Gasteiger partial charge in [-0.1, -0.05) is 53.5 Å². The molecule has 4 heteroatoms. The Morgan fingerprint density at radius 2 is 1.57 bits per heavy atom. The van der Waals surface area contributed by atoms with Crippen LogP contribution in [-0.2, 0) is 0 Å². The molecule has 3 rings (SSSR count). The maximum Gasteiger partial charge on any atom is 0.106 e. The van der Waals surface area contributed by atoms with Crippen molar-refractivity contribution in [2.45, 2.75) is 6.10 Å². The molecule has 0 fully saturated rings. The predicted octanol–water partition coefficient (Wildman–Crippen LogP) is 5.07. The number of aromatic nitrogens is 1. The Morgan fingerprint density at radius 3 is 2.29 bits per heavy atom. The quantitative estimate of drug-likeness (QED) is 0.695. The van der Waals surface area contributed by atoms with Crippen LogP contribution in [0.3, 0.4) is 0 Å². The summed E-state index contributed by atoms with van der Waals surface area (Å²) in [5.74, 6) is 0. The Kier molecular flexibility index (Phi) is 4.02. The summed E-state index contributed by atoms with van der Waals surface area (Å²) in [7, 11) is 0. The molecule has 1 heterocycles. The van der Waals surface area contributed by atoms with E-state index in [9.17, 15) is 5.11 Å². The standard InChI is InChI=1S/C17H13Cl2NO/c18-12-7-5-11(6-8-12)17(21)15-10-20-9-14(15)13-3-1-2-4-16(13)19/h1-10,17,20-21H/t17-/m1/s1. The molecule has 0 unspecified atom stereocenters. The summed E-state index contributed by atoms with van der Waals surface area (Å²) < 4.78 is 0. The van der Waals surface area contributed by atoms with E-state index in [2.05, 4.69) is 4.98 Å². The van der Waals surface area contributed by atoms with Crippen LogP contribution in [0.5, 0.6) is 0 Å². The lowest BCUT2D eigenvalue weighted by atomic mass is 9.97. The van der Waals surface area contributed by atoms with Crippen LogP contribution in [0, 0.1) is 0 Å². The molecule has 2 N–H and O–H groups in total. The molecule has 1 atom stereocenters. The lowest BCUT2D eigenvalue weighted by Gasteiger charge is -2.13. The minimum absolute atomic E-state index is 0.645. The van der Waals surface area contributed by atoms with Crippen molar-refractivity contribution in [3.8, 4) is 11.1 Å². The van der Waals surface area contributed by atoms with E-state index >= 15 is 0 Å². The third-order valence-corrected chi connectivity index (χ3v) is 4.00. The van der Waals surface area contributed by atoms with E-state index in [1.807, 2.05) is 42.6 Å². The molecule has 0 aliphatic rings. The van der Waals surface area contributed by atoms with E-state index < -0.39 is 6.10 Å². The summed E-state index contributed by atoms with van der Waals surface area (Å²) in [5, 5.41) is 11.9. The van der Waals surface area contributed by atoms with E-state index in [-0.39, 0.29) is 0 Å². The summed E-state index contributed by atoms with van der Waals surface area (Å²) in [6, 6.07) is 14.7. The van der Waals surface area contributed by atoms with Gasteiger partial charge in [-0.05, 0) is 23.8 Å². The van der Waals surface area contributed by atoms with Crippen molar-refractivity contribution < 1.29 is 5.11 Å². The topological polar surface area (TPSA) is 36.0 Å².